The molecule has 160 valence electrons. The molecule has 2 fully saturated rings. The van der Waals surface area contributed by atoms with Crippen molar-refractivity contribution in [1.82, 2.24) is 15.2 Å². The Morgan fingerprint density at radius 1 is 0.933 bits per heavy atom. The number of hydrogen-bond donors (Lipinski definition) is 2. The molecule has 2 saturated heterocycles. The lowest BCUT2D eigenvalue weighted by Gasteiger charge is -2.36. The maximum atomic E-state index is 12.5. The lowest BCUT2D eigenvalue weighted by molar-refractivity contribution is 0.194. The largest absolute Gasteiger partial charge is 0.508 e. The first-order valence-corrected chi connectivity index (χ1v) is 11.0. The standard InChI is InChI=1S/C23H31N5O2/c29-21-7-5-6-20(16-21)26-12-14-28(15-13-26)23(30)25-18-19-8-9-22(24-17-19)27-10-3-1-2-4-11-27/h5-9,16-17,29H,1-4,10-15,18H2,(H,25,30). The number of pyridine rings is 1. The molecule has 0 atom stereocenters. The average Bonchev–Trinajstić information content (AvgIpc) is 3.08. The van der Waals surface area contributed by atoms with E-state index in [1.54, 1.807) is 12.1 Å². The molecular formula is C23H31N5O2. The highest BCUT2D eigenvalue weighted by atomic mass is 16.3. The Morgan fingerprint density at radius 2 is 1.70 bits per heavy atom. The summed E-state index contributed by atoms with van der Waals surface area (Å²) in [5, 5.41) is 12.7. The van der Waals surface area contributed by atoms with E-state index < -0.39 is 0 Å². The molecule has 2 aliphatic heterocycles. The topological polar surface area (TPSA) is 71.9 Å². The summed E-state index contributed by atoms with van der Waals surface area (Å²) < 4.78 is 0. The zero-order valence-corrected chi connectivity index (χ0v) is 17.5. The number of piperazine rings is 1. The maximum absolute atomic E-state index is 12.5. The van der Waals surface area contributed by atoms with Gasteiger partial charge in [-0.2, -0.15) is 0 Å². The number of nitrogens with one attached hydrogen (secondary N) is 1. The second kappa shape index (κ2) is 9.69. The van der Waals surface area contributed by atoms with Crippen LogP contribution in [0.5, 0.6) is 5.75 Å². The fraction of sp³-hybridized carbons (Fsp3) is 0.478. The third-order valence-corrected chi connectivity index (χ3v) is 5.94. The third-order valence-electron chi connectivity index (χ3n) is 5.94. The summed E-state index contributed by atoms with van der Waals surface area (Å²) in [6.45, 7) is 5.47. The SMILES string of the molecule is O=C(NCc1ccc(N2CCCCCC2)nc1)N1CCN(c2cccc(O)c2)CC1. The number of carbonyl (C=O) groups excluding carboxylic acids is 1. The highest BCUT2D eigenvalue weighted by Gasteiger charge is 2.21. The third kappa shape index (κ3) is 5.14. The van der Waals surface area contributed by atoms with Gasteiger partial charge in [0, 0.05) is 63.8 Å². The van der Waals surface area contributed by atoms with Crippen LogP contribution in [0.4, 0.5) is 16.3 Å². The van der Waals surface area contributed by atoms with Crippen molar-refractivity contribution < 1.29 is 9.90 Å². The summed E-state index contributed by atoms with van der Waals surface area (Å²) in [5.74, 6) is 1.30. The number of phenolic OH excluding ortho intramolecular Hbond substituents is 1. The van der Waals surface area contributed by atoms with E-state index in [4.69, 9.17) is 0 Å². The van der Waals surface area contributed by atoms with Crippen LogP contribution >= 0.6 is 0 Å². The first-order valence-electron chi connectivity index (χ1n) is 11.0. The molecule has 0 unspecified atom stereocenters. The van der Waals surface area contributed by atoms with Crippen LogP contribution in [0.2, 0.25) is 0 Å². The van der Waals surface area contributed by atoms with Gasteiger partial charge in [0.1, 0.15) is 11.6 Å². The second-order valence-electron chi connectivity index (χ2n) is 8.08. The smallest absolute Gasteiger partial charge is 0.317 e. The van der Waals surface area contributed by atoms with E-state index >= 15 is 0 Å². The molecule has 2 N–H and O–H groups in total. The highest BCUT2D eigenvalue weighted by molar-refractivity contribution is 5.74. The number of rotatable bonds is 4. The van der Waals surface area contributed by atoms with Crippen LogP contribution in [0.3, 0.4) is 0 Å². The van der Waals surface area contributed by atoms with Crippen LogP contribution in [0.1, 0.15) is 31.2 Å². The van der Waals surface area contributed by atoms with Gasteiger partial charge in [0.15, 0.2) is 0 Å². The fourth-order valence-electron chi connectivity index (χ4n) is 4.16. The molecule has 3 heterocycles. The van der Waals surface area contributed by atoms with Crippen molar-refractivity contribution >= 4 is 17.5 Å². The number of amides is 2. The van der Waals surface area contributed by atoms with Gasteiger partial charge in [0.2, 0.25) is 0 Å². The van der Waals surface area contributed by atoms with Gasteiger partial charge in [-0.05, 0) is 36.6 Å². The van der Waals surface area contributed by atoms with Crippen LogP contribution in [0.25, 0.3) is 0 Å². The Kier molecular flexibility index (Phi) is 6.57. The number of nitrogens with zero attached hydrogens (tertiary/aromatic N) is 4. The summed E-state index contributed by atoms with van der Waals surface area (Å²) in [6.07, 6.45) is 6.96. The quantitative estimate of drug-likeness (QED) is 0.811. The number of urea groups is 1. The van der Waals surface area contributed by atoms with Gasteiger partial charge in [-0.1, -0.05) is 25.0 Å². The van der Waals surface area contributed by atoms with E-state index in [1.165, 1.54) is 25.7 Å². The van der Waals surface area contributed by atoms with Crippen molar-refractivity contribution in [2.75, 3.05) is 49.1 Å². The van der Waals surface area contributed by atoms with E-state index in [-0.39, 0.29) is 11.8 Å². The van der Waals surface area contributed by atoms with E-state index in [0.717, 1.165) is 43.2 Å². The minimum absolute atomic E-state index is 0.0397. The van der Waals surface area contributed by atoms with Crippen molar-refractivity contribution in [3.8, 4) is 5.75 Å². The van der Waals surface area contributed by atoms with Gasteiger partial charge in [0.05, 0.1) is 0 Å². The van der Waals surface area contributed by atoms with Gasteiger partial charge < -0.3 is 25.1 Å². The van der Waals surface area contributed by atoms with Gasteiger partial charge in [-0.15, -0.1) is 0 Å². The zero-order valence-electron chi connectivity index (χ0n) is 17.5. The minimum Gasteiger partial charge on any atom is -0.508 e. The van der Waals surface area contributed by atoms with E-state index in [2.05, 4.69) is 32.2 Å². The Bertz CT molecular complexity index is 826. The van der Waals surface area contributed by atoms with Crippen LogP contribution in [-0.4, -0.2) is 60.3 Å². The lowest BCUT2D eigenvalue weighted by Crippen LogP contribution is -2.51. The molecule has 2 amide bonds. The number of carbonyl (C=O) groups is 1. The molecular weight excluding hydrogens is 378 g/mol. The van der Waals surface area contributed by atoms with Crippen LogP contribution in [0, 0.1) is 0 Å². The number of anilines is 2. The summed E-state index contributed by atoms with van der Waals surface area (Å²) >= 11 is 0. The summed E-state index contributed by atoms with van der Waals surface area (Å²) in [4.78, 5) is 23.6. The maximum Gasteiger partial charge on any atom is 0.317 e. The van der Waals surface area contributed by atoms with Crippen molar-refractivity contribution in [3.63, 3.8) is 0 Å². The van der Waals surface area contributed by atoms with Crippen LogP contribution in [-0.2, 0) is 6.54 Å². The molecule has 1 aromatic carbocycles. The first kappa shape index (κ1) is 20.3. The number of aromatic nitrogens is 1. The van der Waals surface area contributed by atoms with E-state index in [0.29, 0.717) is 19.6 Å². The predicted octanol–water partition coefficient (Wildman–Crippen LogP) is 3.20. The zero-order chi connectivity index (χ0) is 20.8. The van der Waals surface area contributed by atoms with E-state index in [1.807, 2.05) is 23.2 Å². The number of phenols is 1. The molecule has 7 heteroatoms. The Labute approximate surface area is 178 Å². The number of benzene rings is 1. The molecule has 7 nitrogen and oxygen atoms in total. The van der Waals surface area contributed by atoms with Crippen molar-refractivity contribution in [1.29, 1.82) is 0 Å². The van der Waals surface area contributed by atoms with Crippen LogP contribution < -0.4 is 15.1 Å². The Morgan fingerprint density at radius 3 is 2.37 bits per heavy atom. The summed E-state index contributed by atoms with van der Waals surface area (Å²) in [5.41, 5.74) is 2.01. The molecule has 4 rings (SSSR count). The van der Waals surface area contributed by atoms with Gasteiger partial charge in [-0.3, -0.25) is 0 Å². The Hall–Kier alpha value is -2.96. The number of aromatic hydroxyl groups is 1. The molecule has 2 aromatic rings. The molecule has 0 spiro atoms. The molecule has 0 aliphatic carbocycles. The molecule has 0 bridgehead atoms. The van der Waals surface area contributed by atoms with Gasteiger partial charge in [0.25, 0.3) is 0 Å². The van der Waals surface area contributed by atoms with Gasteiger partial charge in [-0.25, -0.2) is 9.78 Å². The van der Waals surface area contributed by atoms with Crippen molar-refractivity contribution in [2.24, 2.45) is 0 Å². The number of hydrogen-bond acceptors (Lipinski definition) is 5. The van der Waals surface area contributed by atoms with Crippen molar-refractivity contribution in [2.45, 2.75) is 32.2 Å². The lowest BCUT2D eigenvalue weighted by atomic mass is 10.2. The Balaban J connectivity index is 1.24. The minimum atomic E-state index is -0.0397. The second-order valence-corrected chi connectivity index (χ2v) is 8.08. The molecule has 0 saturated carbocycles. The van der Waals surface area contributed by atoms with Crippen molar-refractivity contribution in [3.05, 3.63) is 48.2 Å². The molecule has 30 heavy (non-hydrogen) atoms. The average molecular weight is 410 g/mol. The van der Waals surface area contributed by atoms with Gasteiger partial charge >= 0.3 is 6.03 Å². The normalized spacial score (nSPS) is 17.5. The first-order chi connectivity index (χ1) is 14.7. The summed E-state index contributed by atoms with van der Waals surface area (Å²) in [6, 6.07) is 11.4. The predicted molar refractivity (Wildman–Crippen MR) is 119 cm³/mol. The highest BCUT2D eigenvalue weighted by Crippen LogP contribution is 2.21. The molecule has 2 aliphatic rings. The molecule has 1 aromatic heterocycles. The van der Waals surface area contributed by atoms with E-state index in [9.17, 15) is 9.90 Å². The monoisotopic (exact) mass is 409 g/mol. The fourth-order valence-corrected chi connectivity index (χ4v) is 4.16. The summed E-state index contributed by atoms with van der Waals surface area (Å²) in [7, 11) is 0. The van der Waals surface area contributed by atoms with Crippen LogP contribution in [0.15, 0.2) is 42.6 Å². The molecule has 0 radical (unpaired) electrons.